The van der Waals surface area contributed by atoms with Crippen molar-refractivity contribution >= 4 is 29.7 Å². The first kappa shape index (κ1) is 28.3. The summed E-state index contributed by atoms with van der Waals surface area (Å²) < 4.78 is 0. The van der Waals surface area contributed by atoms with E-state index in [0.29, 0.717) is 5.56 Å². The van der Waals surface area contributed by atoms with Crippen LogP contribution in [0, 0.1) is 0 Å². The van der Waals surface area contributed by atoms with Gasteiger partial charge in [0.2, 0.25) is 17.7 Å². The number of aliphatic hydroxyl groups excluding tert-OH is 2. The lowest BCUT2D eigenvalue weighted by Crippen LogP contribution is -2.58. The van der Waals surface area contributed by atoms with E-state index in [1.807, 2.05) is 5.32 Å². The molecule has 0 heterocycles. The highest BCUT2D eigenvalue weighted by atomic mass is 16.4. The monoisotopic (exact) mass is 484 g/mol. The maximum absolute atomic E-state index is 12.8. The van der Waals surface area contributed by atoms with Crippen LogP contribution in [0.5, 0.6) is 5.75 Å². The van der Waals surface area contributed by atoms with E-state index in [4.69, 9.17) is 21.1 Å². The highest BCUT2D eigenvalue weighted by molar-refractivity contribution is 5.94. The smallest absolute Gasteiger partial charge is 0.328 e. The third kappa shape index (κ3) is 9.40. The van der Waals surface area contributed by atoms with Crippen LogP contribution in [-0.2, 0) is 30.4 Å². The quantitative estimate of drug-likeness (QED) is 0.126. The van der Waals surface area contributed by atoms with Gasteiger partial charge in [-0.1, -0.05) is 12.1 Å². The summed E-state index contributed by atoms with van der Waals surface area (Å²) in [5.74, 6) is -5.61. The fraction of sp³-hybridized carbons (Fsp3) is 0.450. The minimum absolute atomic E-state index is 0.0432. The molecule has 0 fully saturated rings. The van der Waals surface area contributed by atoms with Gasteiger partial charge in [-0.3, -0.25) is 19.2 Å². The number of nitrogens with two attached hydrogens (primary N) is 1. The van der Waals surface area contributed by atoms with E-state index in [9.17, 15) is 34.2 Å². The molecular weight excluding hydrogens is 456 g/mol. The van der Waals surface area contributed by atoms with Gasteiger partial charge in [-0.15, -0.1) is 0 Å². The Balaban J connectivity index is 2.99. The molecular formula is C20H28N4O10. The van der Waals surface area contributed by atoms with Crippen molar-refractivity contribution in [2.75, 3.05) is 13.2 Å². The number of carbonyl (C=O) groups excluding carboxylic acids is 3. The molecule has 0 aliphatic heterocycles. The van der Waals surface area contributed by atoms with Gasteiger partial charge in [-0.25, -0.2) is 4.79 Å². The number of hydrogen-bond acceptors (Lipinski definition) is 9. The zero-order valence-corrected chi connectivity index (χ0v) is 18.0. The molecule has 1 rings (SSSR count). The Hall–Kier alpha value is -3.75. The number of carboxylic acids is 2. The van der Waals surface area contributed by atoms with Crippen molar-refractivity contribution in [1.29, 1.82) is 0 Å². The molecule has 34 heavy (non-hydrogen) atoms. The van der Waals surface area contributed by atoms with E-state index in [1.54, 1.807) is 0 Å². The van der Waals surface area contributed by atoms with Crippen LogP contribution < -0.4 is 21.7 Å². The molecule has 4 unspecified atom stereocenters. The van der Waals surface area contributed by atoms with E-state index in [0.717, 1.165) is 0 Å². The van der Waals surface area contributed by atoms with Crippen LogP contribution in [0.4, 0.5) is 0 Å². The van der Waals surface area contributed by atoms with Crippen LogP contribution in [0.2, 0.25) is 0 Å². The molecule has 10 N–H and O–H groups in total. The van der Waals surface area contributed by atoms with Gasteiger partial charge in [0.15, 0.2) is 0 Å². The van der Waals surface area contributed by atoms with Crippen molar-refractivity contribution in [2.24, 2.45) is 5.73 Å². The fourth-order valence-corrected chi connectivity index (χ4v) is 2.69. The molecule has 14 nitrogen and oxygen atoms in total. The van der Waals surface area contributed by atoms with Gasteiger partial charge in [0.05, 0.1) is 19.3 Å². The first-order chi connectivity index (χ1) is 16.0. The fourth-order valence-electron chi connectivity index (χ4n) is 2.69. The van der Waals surface area contributed by atoms with E-state index in [-0.39, 0.29) is 25.0 Å². The molecule has 0 radical (unpaired) electrons. The van der Waals surface area contributed by atoms with Crippen molar-refractivity contribution in [1.82, 2.24) is 16.0 Å². The van der Waals surface area contributed by atoms with Crippen molar-refractivity contribution < 1.29 is 49.5 Å². The summed E-state index contributed by atoms with van der Waals surface area (Å²) in [7, 11) is 0. The Morgan fingerprint density at radius 3 is 1.79 bits per heavy atom. The van der Waals surface area contributed by atoms with Crippen molar-refractivity contribution in [2.45, 2.75) is 43.4 Å². The van der Waals surface area contributed by atoms with Crippen molar-refractivity contribution in [3.05, 3.63) is 29.8 Å². The molecule has 1 aromatic carbocycles. The zero-order valence-electron chi connectivity index (χ0n) is 18.0. The van der Waals surface area contributed by atoms with Crippen LogP contribution >= 0.6 is 0 Å². The highest BCUT2D eigenvalue weighted by Gasteiger charge is 2.30. The van der Waals surface area contributed by atoms with Crippen molar-refractivity contribution in [3.63, 3.8) is 0 Å². The Morgan fingerprint density at radius 1 is 0.794 bits per heavy atom. The van der Waals surface area contributed by atoms with Gasteiger partial charge in [0.25, 0.3) is 0 Å². The standard InChI is InChI=1S/C20H28N4O10/c21-12(5-6-16(28)29)17(30)22-13(7-10-1-3-11(27)4-2-10)18(31)23-14(8-25)19(32)24-15(9-26)20(33)34/h1-4,12-15,25-27H,5-9,21H2,(H,22,30)(H,23,31)(H,24,32)(H,28,29)(H,33,34). The number of hydrogen-bond donors (Lipinski definition) is 9. The van der Waals surface area contributed by atoms with E-state index < -0.39 is 67.0 Å². The maximum atomic E-state index is 12.8. The number of aliphatic carboxylic acids is 2. The third-order valence-corrected chi connectivity index (χ3v) is 4.63. The minimum Gasteiger partial charge on any atom is -0.508 e. The van der Waals surface area contributed by atoms with E-state index in [1.165, 1.54) is 24.3 Å². The zero-order chi connectivity index (χ0) is 25.8. The molecule has 4 atom stereocenters. The number of aliphatic hydroxyl groups is 2. The van der Waals surface area contributed by atoms with Crippen LogP contribution in [0.3, 0.4) is 0 Å². The van der Waals surface area contributed by atoms with Crippen LogP contribution in [0.25, 0.3) is 0 Å². The number of rotatable bonds is 14. The average molecular weight is 484 g/mol. The number of amides is 3. The Kier molecular flexibility index (Phi) is 11.4. The maximum Gasteiger partial charge on any atom is 0.328 e. The first-order valence-corrected chi connectivity index (χ1v) is 10.1. The topological polar surface area (TPSA) is 249 Å². The largest absolute Gasteiger partial charge is 0.508 e. The summed E-state index contributed by atoms with van der Waals surface area (Å²) in [4.78, 5) is 59.1. The lowest BCUT2D eigenvalue weighted by atomic mass is 10.0. The first-order valence-electron chi connectivity index (χ1n) is 10.1. The number of benzene rings is 1. The summed E-state index contributed by atoms with van der Waals surface area (Å²) in [5.41, 5.74) is 6.17. The minimum atomic E-state index is -1.67. The molecule has 14 heteroatoms. The molecule has 0 bridgehead atoms. The highest BCUT2D eigenvalue weighted by Crippen LogP contribution is 2.12. The lowest BCUT2D eigenvalue weighted by Gasteiger charge is -2.24. The van der Waals surface area contributed by atoms with Gasteiger partial charge < -0.3 is 47.2 Å². The summed E-state index contributed by atoms with van der Waals surface area (Å²) in [5, 5.41) is 52.1. The molecule has 0 aliphatic carbocycles. The number of carbonyl (C=O) groups is 5. The normalized spacial score (nSPS) is 14.2. The lowest BCUT2D eigenvalue weighted by molar-refractivity contribution is -0.143. The van der Waals surface area contributed by atoms with Crippen molar-refractivity contribution in [3.8, 4) is 5.75 Å². The SMILES string of the molecule is NC(CCC(=O)O)C(=O)NC(Cc1ccc(O)cc1)C(=O)NC(CO)C(=O)NC(CO)C(=O)O. The second-order valence-corrected chi connectivity index (χ2v) is 7.30. The number of aromatic hydroxyl groups is 1. The van der Waals surface area contributed by atoms with E-state index in [2.05, 4.69) is 10.6 Å². The molecule has 3 amide bonds. The molecule has 188 valence electrons. The average Bonchev–Trinajstić information content (AvgIpc) is 2.79. The van der Waals surface area contributed by atoms with Gasteiger partial charge >= 0.3 is 11.9 Å². The van der Waals surface area contributed by atoms with Gasteiger partial charge in [-0.05, 0) is 24.1 Å². The summed E-state index contributed by atoms with van der Waals surface area (Å²) in [6, 6.07) is -0.223. The number of phenols is 1. The Bertz CT molecular complexity index is 877. The molecule has 0 aliphatic rings. The predicted molar refractivity (Wildman–Crippen MR) is 114 cm³/mol. The van der Waals surface area contributed by atoms with Crippen LogP contribution in [0.15, 0.2) is 24.3 Å². The predicted octanol–water partition coefficient (Wildman–Crippen LogP) is -3.35. The molecule has 0 aromatic heterocycles. The van der Waals surface area contributed by atoms with E-state index >= 15 is 0 Å². The summed E-state index contributed by atoms with van der Waals surface area (Å²) >= 11 is 0. The Morgan fingerprint density at radius 2 is 1.29 bits per heavy atom. The van der Waals surface area contributed by atoms with Gasteiger partial charge in [-0.2, -0.15) is 0 Å². The summed E-state index contributed by atoms with van der Waals surface area (Å²) in [6.45, 7) is -1.85. The summed E-state index contributed by atoms with van der Waals surface area (Å²) in [6.07, 6.45) is -0.711. The molecule has 0 saturated heterocycles. The third-order valence-electron chi connectivity index (χ3n) is 4.63. The Labute approximate surface area is 193 Å². The number of nitrogens with one attached hydrogen (secondary N) is 3. The number of carboxylic acid groups (broad SMARTS) is 2. The van der Waals surface area contributed by atoms with Crippen LogP contribution in [0.1, 0.15) is 18.4 Å². The van der Waals surface area contributed by atoms with Crippen LogP contribution in [-0.4, -0.2) is 92.6 Å². The molecule has 1 aromatic rings. The van der Waals surface area contributed by atoms with Gasteiger partial charge in [0, 0.05) is 12.8 Å². The van der Waals surface area contributed by atoms with Gasteiger partial charge in [0.1, 0.15) is 23.9 Å². The second-order valence-electron chi connectivity index (χ2n) is 7.30. The molecule has 0 spiro atoms. The second kappa shape index (κ2) is 13.7. The number of phenolic OH excluding ortho intramolecular Hbond substituents is 1. The molecule has 0 saturated carbocycles.